The van der Waals surface area contributed by atoms with Gasteiger partial charge in [0.15, 0.2) is 0 Å². The SMILES string of the molecule is CCCCCCCCCCCCCCCCC=CCC=O. The van der Waals surface area contributed by atoms with Crippen molar-refractivity contribution in [2.45, 2.75) is 110 Å². The fourth-order valence-corrected chi connectivity index (χ4v) is 2.73. The van der Waals surface area contributed by atoms with Crippen molar-refractivity contribution in [2.24, 2.45) is 0 Å². The number of aldehydes is 1. The van der Waals surface area contributed by atoms with Crippen molar-refractivity contribution in [3.05, 3.63) is 12.2 Å². The molecule has 0 aromatic heterocycles. The Hall–Kier alpha value is -0.590. The second kappa shape index (κ2) is 19.4. The molecule has 0 bridgehead atoms. The second-order valence-electron chi connectivity index (χ2n) is 6.26. The monoisotopic (exact) mass is 294 g/mol. The lowest BCUT2D eigenvalue weighted by molar-refractivity contribution is -0.107. The third-order valence-electron chi connectivity index (χ3n) is 4.12. The summed E-state index contributed by atoms with van der Waals surface area (Å²) in [5.74, 6) is 0. The molecule has 0 aliphatic heterocycles. The lowest BCUT2D eigenvalue weighted by Crippen LogP contribution is -1.83. The lowest BCUT2D eigenvalue weighted by Gasteiger charge is -2.02. The minimum Gasteiger partial charge on any atom is -0.303 e. The Morgan fingerprint density at radius 3 is 1.43 bits per heavy atom. The van der Waals surface area contributed by atoms with E-state index >= 15 is 0 Å². The minimum absolute atomic E-state index is 0.582. The van der Waals surface area contributed by atoms with Crippen LogP contribution in [0.3, 0.4) is 0 Å². The Bertz CT molecular complexity index is 220. The summed E-state index contributed by atoms with van der Waals surface area (Å²) in [6.45, 7) is 2.28. The van der Waals surface area contributed by atoms with Crippen molar-refractivity contribution in [1.29, 1.82) is 0 Å². The van der Waals surface area contributed by atoms with Gasteiger partial charge < -0.3 is 4.79 Å². The average molecular weight is 295 g/mol. The Morgan fingerprint density at radius 1 is 0.571 bits per heavy atom. The van der Waals surface area contributed by atoms with Crippen LogP contribution >= 0.6 is 0 Å². The first kappa shape index (κ1) is 20.4. The highest BCUT2D eigenvalue weighted by Crippen LogP contribution is 2.13. The van der Waals surface area contributed by atoms with E-state index in [-0.39, 0.29) is 0 Å². The number of unbranched alkanes of at least 4 members (excludes halogenated alkanes) is 14. The molecule has 0 aromatic rings. The van der Waals surface area contributed by atoms with Gasteiger partial charge in [0.05, 0.1) is 0 Å². The number of hydrogen-bond donors (Lipinski definition) is 0. The maximum atomic E-state index is 10.1. The standard InChI is InChI=1S/C20H38O/c1-2-3-4-5-6-7-8-9-10-11-12-13-14-15-16-17-18-19-20-21/h17-18,20H,2-16,19H2,1H3. The quantitative estimate of drug-likeness (QED) is 0.160. The molecule has 0 fully saturated rings. The summed E-state index contributed by atoms with van der Waals surface area (Å²) in [5, 5.41) is 0. The highest BCUT2D eigenvalue weighted by atomic mass is 16.1. The van der Waals surface area contributed by atoms with Gasteiger partial charge in [-0.05, 0) is 12.8 Å². The molecule has 0 heterocycles. The van der Waals surface area contributed by atoms with E-state index in [1.165, 1.54) is 89.9 Å². The number of allylic oxidation sites excluding steroid dienone is 2. The molecule has 0 N–H and O–H groups in total. The van der Waals surface area contributed by atoms with E-state index in [4.69, 9.17) is 0 Å². The Labute approximate surface area is 133 Å². The van der Waals surface area contributed by atoms with Crippen molar-refractivity contribution in [2.75, 3.05) is 0 Å². The Kier molecular flexibility index (Phi) is 18.9. The third kappa shape index (κ3) is 19.4. The van der Waals surface area contributed by atoms with E-state index in [0.29, 0.717) is 6.42 Å². The van der Waals surface area contributed by atoms with Crippen LogP contribution in [0, 0.1) is 0 Å². The summed E-state index contributed by atoms with van der Waals surface area (Å²) < 4.78 is 0. The van der Waals surface area contributed by atoms with E-state index in [2.05, 4.69) is 13.0 Å². The fourth-order valence-electron chi connectivity index (χ4n) is 2.73. The second-order valence-corrected chi connectivity index (χ2v) is 6.26. The topological polar surface area (TPSA) is 17.1 Å². The highest BCUT2D eigenvalue weighted by molar-refractivity contribution is 5.51. The van der Waals surface area contributed by atoms with Gasteiger partial charge in [0.1, 0.15) is 6.29 Å². The Balaban J connectivity index is 2.98. The fraction of sp³-hybridized carbons (Fsp3) is 0.850. The number of carbonyl (C=O) groups is 1. The molecule has 0 amide bonds. The molecule has 1 heteroatoms. The summed E-state index contributed by atoms with van der Waals surface area (Å²) in [6.07, 6.45) is 26.6. The molecule has 0 aliphatic rings. The molecule has 0 atom stereocenters. The predicted octanol–water partition coefficient (Wildman–Crippen LogP) is 7.00. The molecule has 0 spiro atoms. The van der Waals surface area contributed by atoms with Gasteiger partial charge in [-0.2, -0.15) is 0 Å². The van der Waals surface area contributed by atoms with E-state index < -0.39 is 0 Å². The molecule has 0 saturated carbocycles. The summed E-state index contributed by atoms with van der Waals surface area (Å²) >= 11 is 0. The van der Waals surface area contributed by atoms with Crippen LogP contribution < -0.4 is 0 Å². The summed E-state index contributed by atoms with van der Waals surface area (Å²) in [4.78, 5) is 10.1. The van der Waals surface area contributed by atoms with Crippen LogP contribution in [0.5, 0.6) is 0 Å². The first-order chi connectivity index (χ1) is 10.4. The zero-order valence-electron chi connectivity index (χ0n) is 14.5. The lowest BCUT2D eigenvalue weighted by atomic mass is 10.0. The van der Waals surface area contributed by atoms with Gasteiger partial charge in [0, 0.05) is 6.42 Å². The first-order valence-corrected chi connectivity index (χ1v) is 9.50. The maximum Gasteiger partial charge on any atom is 0.123 e. The molecule has 0 rings (SSSR count). The van der Waals surface area contributed by atoms with Crippen molar-refractivity contribution in [3.8, 4) is 0 Å². The first-order valence-electron chi connectivity index (χ1n) is 9.50. The molecule has 0 radical (unpaired) electrons. The van der Waals surface area contributed by atoms with E-state index in [0.717, 1.165) is 12.7 Å². The molecule has 0 unspecified atom stereocenters. The van der Waals surface area contributed by atoms with Gasteiger partial charge in [-0.15, -0.1) is 0 Å². The highest BCUT2D eigenvalue weighted by Gasteiger charge is 1.93. The molecule has 0 saturated heterocycles. The summed E-state index contributed by atoms with van der Waals surface area (Å²) in [5.41, 5.74) is 0. The number of carbonyl (C=O) groups excluding carboxylic acids is 1. The van der Waals surface area contributed by atoms with Gasteiger partial charge in [0.2, 0.25) is 0 Å². The van der Waals surface area contributed by atoms with Crippen molar-refractivity contribution >= 4 is 6.29 Å². The summed E-state index contributed by atoms with van der Waals surface area (Å²) in [7, 11) is 0. The van der Waals surface area contributed by atoms with Gasteiger partial charge >= 0.3 is 0 Å². The average Bonchev–Trinajstić information content (AvgIpc) is 2.50. The molecule has 21 heavy (non-hydrogen) atoms. The Morgan fingerprint density at radius 2 is 1.00 bits per heavy atom. The van der Waals surface area contributed by atoms with E-state index in [1.54, 1.807) is 0 Å². The zero-order chi connectivity index (χ0) is 15.4. The molecule has 0 aliphatic carbocycles. The van der Waals surface area contributed by atoms with Gasteiger partial charge in [-0.1, -0.05) is 103 Å². The van der Waals surface area contributed by atoms with Crippen molar-refractivity contribution < 1.29 is 4.79 Å². The van der Waals surface area contributed by atoms with Crippen LogP contribution in [0.25, 0.3) is 0 Å². The normalized spacial score (nSPS) is 11.3. The molecule has 0 aromatic carbocycles. The van der Waals surface area contributed by atoms with Gasteiger partial charge in [-0.3, -0.25) is 0 Å². The van der Waals surface area contributed by atoms with E-state index in [9.17, 15) is 4.79 Å². The van der Waals surface area contributed by atoms with Gasteiger partial charge in [-0.25, -0.2) is 0 Å². The van der Waals surface area contributed by atoms with Crippen molar-refractivity contribution in [3.63, 3.8) is 0 Å². The van der Waals surface area contributed by atoms with Gasteiger partial charge in [0.25, 0.3) is 0 Å². The van der Waals surface area contributed by atoms with Crippen LogP contribution in [-0.2, 0) is 4.79 Å². The van der Waals surface area contributed by atoms with Crippen LogP contribution in [0.4, 0.5) is 0 Å². The van der Waals surface area contributed by atoms with Crippen LogP contribution in [0.15, 0.2) is 12.2 Å². The largest absolute Gasteiger partial charge is 0.303 e. The zero-order valence-corrected chi connectivity index (χ0v) is 14.5. The molecule has 124 valence electrons. The number of rotatable bonds is 17. The minimum atomic E-state index is 0.582. The molecular formula is C20H38O. The van der Waals surface area contributed by atoms with Crippen LogP contribution in [0.1, 0.15) is 110 Å². The molecular weight excluding hydrogens is 256 g/mol. The van der Waals surface area contributed by atoms with E-state index in [1.807, 2.05) is 6.08 Å². The maximum absolute atomic E-state index is 10.1. The van der Waals surface area contributed by atoms with Crippen LogP contribution in [-0.4, -0.2) is 6.29 Å². The predicted molar refractivity (Wildman–Crippen MR) is 94.8 cm³/mol. The summed E-state index contributed by atoms with van der Waals surface area (Å²) in [6, 6.07) is 0. The molecule has 1 nitrogen and oxygen atoms in total. The third-order valence-corrected chi connectivity index (χ3v) is 4.12. The van der Waals surface area contributed by atoms with Crippen molar-refractivity contribution in [1.82, 2.24) is 0 Å². The van der Waals surface area contributed by atoms with Crippen LogP contribution in [0.2, 0.25) is 0 Å². The smallest absolute Gasteiger partial charge is 0.123 e. The number of hydrogen-bond acceptors (Lipinski definition) is 1.